The van der Waals surface area contributed by atoms with Crippen LogP contribution in [0.1, 0.15) is 32.1 Å². The largest absolute Gasteiger partial charge is 0.496 e. The number of nitrogens with two attached hydrogens (primary N) is 1. The normalized spacial score (nSPS) is 27.1. The number of hydrogen-bond donors (Lipinski definition) is 1. The molecular formula is C16H23NO3. The molecule has 0 radical (unpaired) electrons. The van der Waals surface area contributed by atoms with E-state index in [1.54, 1.807) is 14.2 Å². The van der Waals surface area contributed by atoms with Crippen LogP contribution in [0.5, 0.6) is 17.2 Å². The lowest BCUT2D eigenvalue weighted by molar-refractivity contribution is -0.0621. The highest BCUT2D eigenvalue weighted by molar-refractivity contribution is 5.42. The van der Waals surface area contributed by atoms with Crippen LogP contribution < -0.4 is 19.9 Å². The molecule has 1 aromatic rings. The van der Waals surface area contributed by atoms with Gasteiger partial charge in [-0.1, -0.05) is 12.8 Å². The van der Waals surface area contributed by atoms with Gasteiger partial charge in [0, 0.05) is 36.1 Å². The fourth-order valence-corrected chi connectivity index (χ4v) is 3.68. The Labute approximate surface area is 120 Å². The summed E-state index contributed by atoms with van der Waals surface area (Å²) >= 11 is 0. The van der Waals surface area contributed by atoms with Crippen molar-refractivity contribution in [1.29, 1.82) is 0 Å². The van der Waals surface area contributed by atoms with Gasteiger partial charge >= 0.3 is 0 Å². The standard InChI is InChI=1S/C16H23NO3/c1-18-11-7-12(19-2)9-13(8-11)20-15-10-14(17)16(15)5-3-4-6-16/h7-9,14-15H,3-6,10,17H2,1-2H3. The fourth-order valence-electron chi connectivity index (χ4n) is 3.68. The molecular weight excluding hydrogens is 254 g/mol. The Morgan fingerprint density at radius 1 is 1.00 bits per heavy atom. The molecule has 2 atom stereocenters. The van der Waals surface area contributed by atoms with E-state index in [9.17, 15) is 0 Å². The van der Waals surface area contributed by atoms with Gasteiger partial charge in [-0.3, -0.25) is 0 Å². The van der Waals surface area contributed by atoms with Crippen LogP contribution in [0.3, 0.4) is 0 Å². The van der Waals surface area contributed by atoms with Crippen LogP contribution in [0.2, 0.25) is 0 Å². The minimum Gasteiger partial charge on any atom is -0.496 e. The minimum absolute atomic E-state index is 0.205. The Balaban J connectivity index is 1.78. The summed E-state index contributed by atoms with van der Waals surface area (Å²) < 4.78 is 16.8. The zero-order chi connectivity index (χ0) is 14.2. The highest BCUT2D eigenvalue weighted by Crippen LogP contribution is 2.54. The third-order valence-corrected chi connectivity index (χ3v) is 4.99. The van der Waals surface area contributed by atoms with E-state index in [0.717, 1.165) is 23.7 Å². The minimum atomic E-state index is 0.205. The van der Waals surface area contributed by atoms with Crippen LogP contribution in [0.4, 0.5) is 0 Å². The molecule has 0 heterocycles. The molecule has 2 N–H and O–H groups in total. The van der Waals surface area contributed by atoms with Crippen LogP contribution in [0.25, 0.3) is 0 Å². The summed E-state index contributed by atoms with van der Waals surface area (Å²) in [4.78, 5) is 0. The second kappa shape index (κ2) is 5.17. The average Bonchev–Trinajstić information content (AvgIpc) is 2.99. The van der Waals surface area contributed by atoms with Crippen molar-refractivity contribution in [2.24, 2.45) is 11.1 Å². The van der Waals surface area contributed by atoms with Crippen LogP contribution in [-0.4, -0.2) is 26.4 Å². The van der Waals surface area contributed by atoms with Gasteiger partial charge in [0.1, 0.15) is 23.4 Å². The molecule has 20 heavy (non-hydrogen) atoms. The molecule has 4 heteroatoms. The first-order chi connectivity index (χ1) is 9.68. The highest BCUT2D eigenvalue weighted by Gasteiger charge is 2.56. The van der Waals surface area contributed by atoms with E-state index in [2.05, 4.69) is 0 Å². The summed E-state index contributed by atoms with van der Waals surface area (Å²) in [5.41, 5.74) is 6.45. The molecule has 0 aliphatic heterocycles. The Hall–Kier alpha value is -1.42. The second-order valence-electron chi connectivity index (χ2n) is 5.94. The Morgan fingerprint density at radius 2 is 1.55 bits per heavy atom. The topological polar surface area (TPSA) is 53.7 Å². The average molecular weight is 277 g/mol. The maximum atomic E-state index is 6.25. The maximum absolute atomic E-state index is 6.25. The van der Waals surface area contributed by atoms with Gasteiger partial charge < -0.3 is 19.9 Å². The first kappa shape index (κ1) is 13.6. The van der Waals surface area contributed by atoms with E-state index < -0.39 is 0 Å². The van der Waals surface area contributed by atoms with E-state index in [1.807, 2.05) is 18.2 Å². The van der Waals surface area contributed by atoms with E-state index in [4.69, 9.17) is 19.9 Å². The molecule has 0 bridgehead atoms. The van der Waals surface area contributed by atoms with Crippen LogP contribution in [-0.2, 0) is 0 Å². The molecule has 3 rings (SSSR count). The molecule has 2 aliphatic rings. The van der Waals surface area contributed by atoms with E-state index >= 15 is 0 Å². The second-order valence-corrected chi connectivity index (χ2v) is 5.94. The molecule has 0 amide bonds. The van der Waals surface area contributed by atoms with Gasteiger partial charge in [-0.2, -0.15) is 0 Å². The number of ether oxygens (including phenoxy) is 3. The van der Waals surface area contributed by atoms with E-state index in [-0.39, 0.29) is 11.5 Å². The van der Waals surface area contributed by atoms with Crippen molar-refractivity contribution in [1.82, 2.24) is 0 Å². The first-order valence-corrected chi connectivity index (χ1v) is 7.33. The molecule has 4 nitrogen and oxygen atoms in total. The number of benzene rings is 1. The number of rotatable bonds is 4. The molecule has 2 unspecified atom stereocenters. The smallest absolute Gasteiger partial charge is 0.127 e. The zero-order valence-corrected chi connectivity index (χ0v) is 12.2. The van der Waals surface area contributed by atoms with E-state index in [1.165, 1.54) is 25.7 Å². The molecule has 0 saturated heterocycles. The highest BCUT2D eigenvalue weighted by atomic mass is 16.5. The monoisotopic (exact) mass is 277 g/mol. The molecule has 2 aliphatic carbocycles. The Bertz CT molecular complexity index is 460. The summed E-state index contributed by atoms with van der Waals surface area (Å²) in [6, 6.07) is 5.97. The lowest BCUT2D eigenvalue weighted by Gasteiger charge is -2.52. The lowest BCUT2D eigenvalue weighted by atomic mass is 9.61. The third kappa shape index (κ3) is 2.12. The van der Waals surface area contributed by atoms with Gasteiger partial charge in [0.15, 0.2) is 0 Å². The Kier molecular flexibility index (Phi) is 3.50. The molecule has 2 fully saturated rings. The summed E-state index contributed by atoms with van der Waals surface area (Å²) in [5, 5.41) is 0. The van der Waals surface area contributed by atoms with Crippen molar-refractivity contribution in [3.8, 4) is 17.2 Å². The van der Waals surface area contributed by atoms with Crippen LogP contribution in [0, 0.1) is 5.41 Å². The first-order valence-electron chi connectivity index (χ1n) is 7.33. The molecule has 110 valence electrons. The predicted molar refractivity (Wildman–Crippen MR) is 77.5 cm³/mol. The zero-order valence-electron chi connectivity index (χ0n) is 12.2. The number of hydrogen-bond acceptors (Lipinski definition) is 4. The maximum Gasteiger partial charge on any atom is 0.127 e. The predicted octanol–water partition coefficient (Wildman–Crippen LogP) is 2.74. The van der Waals surface area contributed by atoms with Crippen LogP contribution in [0.15, 0.2) is 18.2 Å². The van der Waals surface area contributed by atoms with Gasteiger partial charge in [-0.25, -0.2) is 0 Å². The van der Waals surface area contributed by atoms with Crippen molar-refractivity contribution in [3.05, 3.63) is 18.2 Å². The Morgan fingerprint density at radius 3 is 2.05 bits per heavy atom. The van der Waals surface area contributed by atoms with Gasteiger partial charge in [-0.15, -0.1) is 0 Å². The SMILES string of the molecule is COc1cc(OC)cc(OC2CC(N)C23CCCC3)c1. The van der Waals surface area contributed by atoms with Crippen molar-refractivity contribution in [2.45, 2.75) is 44.2 Å². The quantitative estimate of drug-likeness (QED) is 0.919. The third-order valence-electron chi connectivity index (χ3n) is 4.99. The summed E-state index contributed by atoms with van der Waals surface area (Å²) in [6.45, 7) is 0. The summed E-state index contributed by atoms with van der Waals surface area (Å²) in [7, 11) is 3.30. The van der Waals surface area contributed by atoms with Crippen molar-refractivity contribution in [3.63, 3.8) is 0 Å². The van der Waals surface area contributed by atoms with Crippen molar-refractivity contribution < 1.29 is 14.2 Å². The van der Waals surface area contributed by atoms with Gasteiger partial charge in [0.2, 0.25) is 0 Å². The fraction of sp³-hybridized carbons (Fsp3) is 0.625. The van der Waals surface area contributed by atoms with Crippen LogP contribution >= 0.6 is 0 Å². The molecule has 0 aromatic heterocycles. The number of methoxy groups -OCH3 is 2. The van der Waals surface area contributed by atoms with Gasteiger partial charge in [0.05, 0.1) is 14.2 Å². The van der Waals surface area contributed by atoms with Gasteiger partial charge in [0.25, 0.3) is 0 Å². The summed E-state index contributed by atoms with van der Waals surface area (Å²) in [5.74, 6) is 2.32. The molecule has 1 aromatic carbocycles. The summed E-state index contributed by atoms with van der Waals surface area (Å²) in [6.07, 6.45) is 6.11. The molecule has 1 spiro atoms. The van der Waals surface area contributed by atoms with Crippen molar-refractivity contribution in [2.75, 3.05) is 14.2 Å². The molecule has 2 saturated carbocycles. The van der Waals surface area contributed by atoms with Crippen molar-refractivity contribution >= 4 is 0 Å². The lowest BCUT2D eigenvalue weighted by Crippen LogP contribution is -2.62. The van der Waals surface area contributed by atoms with Gasteiger partial charge in [-0.05, 0) is 12.8 Å². The van der Waals surface area contributed by atoms with E-state index in [0.29, 0.717) is 6.04 Å².